The lowest BCUT2D eigenvalue weighted by Gasteiger charge is -2.26. The number of hydrogen-bond acceptors (Lipinski definition) is 2. The number of anilines is 4. The van der Waals surface area contributed by atoms with E-state index in [1.807, 2.05) is 30.3 Å². The Morgan fingerprint density at radius 2 is 0.684 bits per heavy atom. The van der Waals surface area contributed by atoms with Crippen LogP contribution >= 0.6 is 0 Å². The molecule has 0 saturated carbocycles. The summed E-state index contributed by atoms with van der Waals surface area (Å²) in [5.41, 5.74) is 17.5. The number of hydrogen-bond donors (Lipinski definition) is 1. The summed E-state index contributed by atoms with van der Waals surface area (Å²) >= 11 is 0. The van der Waals surface area contributed by atoms with Crippen LogP contribution in [0.4, 0.5) is 22.7 Å². The molecule has 0 saturated heterocycles. The molecule has 6 aromatic carbocycles. The van der Waals surface area contributed by atoms with E-state index in [1.54, 1.807) is 0 Å². The lowest BCUT2D eigenvalue weighted by atomic mass is 9.96. The number of nitrogens with two attached hydrogens (primary N) is 1. The van der Waals surface area contributed by atoms with Gasteiger partial charge in [0.25, 0.3) is 0 Å². The number of nitrogens with zero attached hydrogens (tertiary/aromatic N) is 1. The first-order valence-corrected chi connectivity index (χ1v) is 12.8. The lowest BCUT2D eigenvalue weighted by molar-refractivity contribution is 1.28. The van der Waals surface area contributed by atoms with Gasteiger partial charge in [-0.25, -0.2) is 0 Å². The van der Waals surface area contributed by atoms with Crippen LogP contribution in [0.25, 0.3) is 33.4 Å². The normalized spacial score (nSPS) is 10.7. The quantitative estimate of drug-likeness (QED) is 0.236. The Bertz CT molecular complexity index is 1620. The van der Waals surface area contributed by atoms with E-state index in [4.69, 9.17) is 5.73 Å². The van der Waals surface area contributed by atoms with Crippen molar-refractivity contribution in [3.05, 3.63) is 158 Å². The molecule has 0 aromatic heterocycles. The Morgan fingerprint density at radius 3 is 1.21 bits per heavy atom. The molecule has 0 aliphatic rings. The van der Waals surface area contributed by atoms with Crippen molar-refractivity contribution >= 4 is 22.7 Å². The van der Waals surface area contributed by atoms with Gasteiger partial charge in [-0.3, -0.25) is 0 Å². The van der Waals surface area contributed by atoms with E-state index >= 15 is 0 Å². The van der Waals surface area contributed by atoms with E-state index in [-0.39, 0.29) is 0 Å². The molecule has 0 amide bonds. The van der Waals surface area contributed by atoms with Gasteiger partial charge in [-0.15, -0.1) is 0 Å². The molecule has 6 rings (SSSR count). The van der Waals surface area contributed by atoms with E-state index in [0.29, 0.717) is 0 Å². The van der Waals surface area contributed by atoms with Gasteiger partial charge in [0.2, 0.25) is 0 Å². The molecular weight excluding hydrogens is 460 g/mol. The van der Waals surface area contributed by atoms with Crippen molar-refractivity contribution in [1.82, 2.24) is 0 Å². The summed E-state index contributed by atoms with van der Waals surface area (Å²) in [6, 6.07) is 54.9. The molecule has 0 unspecified atom stereocenters. The van der Waals surface area contributed by atoms with Gasteiger partial charge in [0.05, 0.1) is 0 Å². The highest BCUT2D eigenvalue weighted by atomic mass is 15.1. The molecule has 0 aliphatic carbocycles. The topological polar surface area (TPSA) is 29.3 Å². The van der Waals surface area contributed by atoms with Crippen LogP contribution in [0.1, 0.15) is 0 Å². The van der Waals surface area contributed by atoms with E-state index in [9.17, 15) is 0 Å². The Kier molecular flexibility index (Phi) is 6.44. The summed E-state index contributed by atoms with van der Waals surface area (Å²) in [5, 5.41) is 0. The van der Waals surface area contributed by atoms with Crippen LogP contribution < -0.4 is 10.6 Å². The Hall–Kier alpha value is -5.08. The first-order chi connectivity index (χ1) is 18.8. The van der Waals surface area contributed by atoms with Crippen LogP contribution in [0.3, 0.4) is 0 Å². The molecule has 182 valence electrons. The van der Waals surface area contributed by atoms with Crippen LogP contribution in [0.5, 0.6) is 0 Å². The maximum absolute atomic E-state index is 6.68. The van der Waals surface area contributed by atoms with Crippen molar-refractivity contribution in [3.63, 3.8) is 0 Å². The second-order valence-electron chi connectivity index (χ2n) is 9.26. The van der Waals surface area contributed by atoms with Gasteiger partial charge in [-0.05, 0) is 58.7 Å². The third-order valence-electron chi connectivity index (χ3n) is 6.87. The second kappa shape index (κ2) is 10.5. The minimum Gasteiger partial charge on any atom is -0.398 e. The fraction of sp³-hybridized carbons (Fsp3) is 0. The second-order valence-corrected chi connectivity index (χ2v) is 9.26. The predicted molar refractivity (Wildman–Crippen MR) is 162 cm³/mol. The van der Waals surface area contributed by atoms with Gasteiger partial charge >= 0.3 is 0 Å². The molecule has 0 radical (unpaired) electrons. The van der Waals surface area contributed by atoms with E-state index < -0.39 is 0 Å². The van der Waals surface area contributed by atoms with Crippen molar-refractivity contribution in [2.24, 2.45) is 0 Å². The molecule has 0 heterocycles. The van der Waals surface area contributed by atoms with Crippen molar-refractivity contribution in [3.8, 4) is 33.4 Å². The van der Waals surface area contributed by atoms with Crippen LogP contribution in [0, 0.1) is 0 Å². The highest BCUT2D eigenvalue weighted by molar-refractivity contribution is 5.89. The molecule has 2 heteroatoms. The predicted octanol–water partition coefficient (Wildman–Crippen LogP) is 9.74. The van der Waals surface area contributed by atoms with Gasteiger partial charge in [0.15, 0.2) is 0 Å². The molecule has 0 fully saturated rings. The zero-order valence-corrected chi connectivity index (χ0v) is 21.0. The first-order valence-electron chi connectivity index (χ1n) is 12.8. The molecular formula is C36H28N2. The molecule has 6 aromatic rings. The van der Waals surface area contributed by atoms with Crippen LogP contribution in [0.2, 0.25) is 0 Å². The van der Waals surface area contributed by atoms with Crippen molar-refractivity contribution in [2.75, 3.05) is 10.6 Å². The van der Waals surface area contributed by atoms with Gasteiger partial charge in [-0.1, -0.05) is 121 Å². The number of para-hydroxylation sites is 2. The monoisotopic (exact) mass is 488 g/mol. The third kappa shape index (κ3) is 4.68. The van der Waals surface area contributed by atoms with Crippen molar-refractivity contribution in [2.45, 2.75) is 0 Å². The van der Waals surface area contributed by atoms with E-state index in [2.05, 4.69) is 132 Å². The summed E-state index contributed by atoms with van der Waals surface area (Å²) in [6.45, 7) is 0. The zero-order chi connectivity index (χ0) is 25.7. The largest absolute Gasteiger partial charge is 0.398 e. The fourth-order valence-electron chi connectivity index (χ4n) is 4.93. The highest BCUT2D eigenvalue weighted by Crippen LogP contribution is 2.38. The van der Waals surface area contributed by atoms with Gasteiger partial charge < -0.3 is 10.6 Å². The molecule has 2 nitrogen and oxygen atoms in total. The van der Waals surface area contributed by atoms with Crippen molar-refractivity contribution in [1.29, 1.82) is 0 Å². The van der Waals surface area contributed by atoms with Crippen LogP contribution in [0.15, 0.2) is 158 Å². The summed E-state index contributed by atoms with van der Waals surface area (Å²) in [7, 11) is 0. The molecule has 0 atom stereocenters. The lowest BCUT2D eigenvalue weighted by Crippen LogP contribution is -2.09. The standard InChI is InChI=1S/C36H28N2/c37-36-34(29-13-6-2-7-14-29)17-10-18-35(36)30-21-25-33(26-22-30)38(31-15-8-3-9-16-31)32-23-19-28(20-24-32)27-11-4-1-5-12-27/h1-26H,37H2. The summed E-state index contributed by atoms with van der Waals surface area (Å²) in [6.07, 6.45) is 0. The van der Waals surface area contributed by atoms with Gasteiger partial charge in [0, 0.05) is 33.9 Å². The third-order valence-corrected chi connectivity index (χ3v) is 6.87. The summed E-state index contributed by atoms with van der Waals surface area (Å²) < 4.78 is 0. The highest BCUT2D eigenvalue weighted by Gasteiger charge is 2.14. The van der Waals surface area contributed by atoms with Crippen LogP contribution in [-0.2, 0) is 0 Å². The Morgan fingerprint density at radius 1 is 0.316 bits per heavy atom. The molecule has 0 aliphatic heterocycles. The molecule has 38 heavy (non-hydrogen) atoms. The van der Waals surface area contributed by atoms with E-state index in [0.717, 1.165) is 45.0 Å². The van der Waals surface area contributed by atoms with Gasteiger partial charge in [-0.2, -0.15) is 0 Å². The van der Waals surface area contributed by atoms with Crippen molar-refractivity contribution < 1.29 is 0 Å². The van der Waals surface area contributed by atoms with Gasteiger partial charge in [0.1, 0.15) is 0 Å². The minimum absolute atomic E-state index is 0.794. The first kappa shape index (κ1) is 23.3. The summed E-state index contributed by atoms with van der Waals surface area (Å²) in [5.74, 6) is 0. The van der Waals surface area contributed by atoms with Crippen LogP contribution in [-0.4, -0.2) is 0 Å². The van der Waals surface area contributed by atoms with E-state index in [1.165, 1.54) is 11.1 Å². The average molecular weight is 489 g/mol. The minimum atomic E-state index is 0.794. The fourth-order valence-corrected chi connectivity index (χ4v) is 4.93. The maximum Gasteiger partial charge on any atom is 0.0473 e. The Balaban J connectivity index is 1.36. The molecule has 0 spiro atoms. The average Bonchev–Trinajstić information content (AvgIpc) is 3.00. The number of nitrogen functional groups attached to an aromatic ring is 1. The molecule has 2 N–H and O–H groups in total. The zero-order valence-electron chi connectivity index (χ0n) is 21.0. The maximum atomic E-state index is 6.68. The Labute approximate surface area is 224 Å². The number of rotatable bonds is 6. The summed E-state index contributed by atoms with van der Waals surface area (Å²) in [4.78, 5) is 2.28. The SMILES string of the molecule is Nc1c(-c2ccccc2)cccc1-c1ccc(N(c2ccccc2)c2ccc(-c3ccccc3)cc2)cc1. The smallest absolute Gasteiger partial charge is 0.0473 e. The number of benzene rings is 6. The molecule has 0 bridgehead atoms.